The minimum Gasteiger partial charge on any atom is -0.478 e. The van der Waals surface area contributed by atoms with Crippen LogP contribution < -0.4 is 11.5 Å². The predicted molar refractivity (Wildman–Crippen MR) is 65.0 cm³/mol. The fourth-order valence-corrected chi connectivity index (χ4v) is 1.49. The number of hydrogen-bond donors (Lipinski definition) is 3. The first kappa shape index (κ1) is 17.3. The zero-order valence-corrected chi connectivity index (χ0v) is 11.0. The van der Waals surface area contributed by atoms with E-state index in [0.29, 0.717) is 0 Å². The summed E-state index contributed by atoms with van der Waals surface area (Å²) in [6, 6.07) is -1.19. The van der Waals surface area contributed by atoms with Crippen molar-refractivity contribution in [1.82, 2.24) is 0 Å². The summed E-state index contributed by atoms with van der Waals surface area (Å²) < 4.78 is 9.53. The summed E-state index contributed by atoms with van der Waals surface area (Å²) in [4.78, 5) is 33.9. The summed E-state index contributed by atoms with van der Waals surface area (Å²) in [5.74, 6) is -3.00. The first-order chi connectivity index (χ1) is 8.82. The average Bonchev–Trinajstić information content (AvgIpc) is 2.37. The Kier molecular flexibility index (Phi) is 7.02. The van der Waals surface area contributed by atoms with Gasteiger partial charge in [-0.15, -0.1) is 0 Å². The molecule has 0 saturated heterocycles. The van der Waals surface area contributed by atoms with Crippen LogP contribution in [0, 0.1) is 0 Å². The second kappa shape index (κ2) is 7.70. The lowest BCUT2D eigenvalue weighted by Crippen LogP contribution is -2.50. The molecule has 2 atom stereocenters. The summed E-state index contributed by atoms with van der Waals surface area (Å²) in [7, 11) is 0. The van der Waals surface area contributed by atoms with E-state index in [1.807, 2.05) is 0 Å². The van der Waals surface area contributed by atoms with Crippen molar-refractivity contribution in [3.05, 3.63) is 0 Å². The second-order valence-electron chi connectivity index (χ2n) is 3.89. The number of aliphatic carboxylic acids is 1. The molecule has 0 aliphatic heterocycles. The maximum atomic E-state index is 11.4. The van der Waals surface area contributed by atoms with Crippen molar-refractivity contribution in [2.75, 3.05) is 13.2 Å². The Hall–Kier alpha value is -1.67. The Balaban J connectivity index is 4.99. The standard InChI is InChI=1S/C11H20N2O6/c1-3-11(10(16)17,19-8(14)6-12)5-7(13)9(15)18-4-2/h7H,3-6,12-13H2,1-2H3,(H,16,17). The van der Waals surface area contributed by atoms with Gasteiger partial charge in [-0.2, -0.15) is 0 Å². The number of carbonyl (C=O) groups is 3. The highest BCUT2D eigenvalue weighted by Gasteiger charge is 2.43. The van der Waals surface area contributed by atoms with Crippen molar-refractivity contribution in [3.8, 4) is 0 Å². The second-order valence-corrected chi connectivity index (χ2v) is 3.89. The monoisotopic (exact) mass is 276 g/mol. The average molecular weight is 276 g/mol. The largest absolute Gasteiger partial charge is 0.478 e. The molecule has 2 unspecified atom stereocenters. The number of rotatable bonds is 8. The van der Waals surface area contributed by atoms with E-state index in [-0.39, 0.29) is 19.4 Å². The summed E-state index contributed by atoms with van der Waals surface area (Å²) >= 11 is 0. The highest BCUT2D eigenvalue weighted by molar-refractivity contribution is 5.84. The molecule has 0 aromatic rings. The van der Waals surface area contributed by atoms with Crippen molar-refractivity contribution in [3.63, 3.8) is 0 Å². The molecule has 0 amide bonds. The molecule has 0 rings (SSSR count). The number of esters is 2. The van der Waals surface area contributed by atoms with Gasteiger partial charge in [0.15, 0.2) is 0 Å². The highest BCUT2D eigenvalue weighted by Crippen LogP contribution is 2.23. The van der Waals surface area contributed by atoms with Crippen LogP contribution in [0.25, 0.3) is 0 Å². The minimum atomic E-state index is -1.87. The third kappa shape index (κ3) is 4.84. The number of nitrogens with two attached hydrogens (primary N) is 2. The Morgan fingerprint density at radius 2 is 1.89 bits per heavy atom. The van der Waals surface area contributed by atoms with Crippen LogP contribution in [0.3, 0.4) is 0 Å². The number of ether oxygens (including phenoxy) is 2. The molecule has 0 fully saturated rings. The van der Waals surface area contributed by atoms with Crippen molar-refractivity contribution in [2.45, 2.75) is 38.3 Å². The van der Waals surface area contributed by atoms with Gasteiger partial charge < -0.3 is 26.0 Å². The van der Waals surface area contributed by atoms with E-state index in [4.69, 9.17) is 16.2 Å². The van der Waals surface area contributed by atoms with Gasteiger partial charge in [0.1, 0.15) is 6.04 Å². The van der Waals surface area contributed by atoms with Crippen LogP contribution in [0.2, 0.25) is 0 Å². The number of hydrogen-bond acceptors (Lipinski definition) is 7. The van der Waals surface area contributed by atoms with Gasteiger partial charge in [0, 0.05) is 6.42 Å². The zero-order valence-electron chi connectivity index (χ0n) is 11.0. The first-order valence-corrected chi connectivity index (χ1v) is 5.90. The lowest BCUT2D eigenvalue weighted by Gasteiger charge is -2.29. The van der Waals surface area contributed by atoms with Gasteiger partial charge in [-0.3, -0.25) is 9.59 Å². The normalized spacial score (nSPS) is 15.2. The third-order valence-corrected chi connectivity index (χ3v) is 2.58. The SMILES string of the molecule is CCOC(=O)C(N)CC(CC)(OC(=O)CN)C(=O)O. The molecule has 0 spiro atoms. The Labute approximate surface area is 111 Å². The summed E-state index contributed by atoms with van der Waals surface area (Å²) in [6.07, 6.45) is -0.412. The molecule has 19 heavy (non-hydrogen) atoms. The van der Waals surface area contributed by atoms with Crippen LogP contribution in [0.1, 0.15) is 26.7 Å². The molecule has 110 valence electrons. The summed E-state index contributed by atoms with van der Waals surface area (Å²) in [6.45, 7) is 2.78. The van der Waals surface area contributed by atoms with Crippen LogP contribution >= 0.6 is 0 Å². The summed E-state index contributed by atoms with van der Waals surface area (Å²) in [5, 5.41) is 9.20. The van der Waals surface area contributed by atoms with E-state index in [0.717, 1.165) is 0 Å². The van der Waals surface area contributed by atoms with Gasteiger partial charge in [-0.25, -0.2) is 4.79 Å². The Bertz CT molecular complexity index is 346. The molecule has 0 aromatic heterocycles. The fourth-order valence-electron chi connectivity index (χ4n) is 1.49. The van der Waals surface area contributed by atoms with E-state index in [1.165, 1.54) is 6.92 Å². The number of carbonyl (C=O) groups excluding carboxylic acids is 2. The van der Waals surface area contributed by atoms with Crippen LogP contribution in [-0.4, -0.2) is 47.8 Å². The van der Waals surface area contributed by atoms with Crippen molar-refractivity contribution < 1.29 is 29.0 Å². The van der Waals surface area contributed by atoms with Gasteiger partial charge in [-0.1, -0.05) is 6.92 Å². The molecule has 0 radical (unpaired) electrons. The van der Waals surface area contributed by atoms with Gasteiger partial charge >= 0.3 is 17.9 Å². The first-order valence-electron chi connectivity index (χ1n) is 5.90. The third-order valence-electron chi connectivity index (χ3n) is 2.58. The maximum absolute atomic E-state index is 11.4. The molecule has 0 bridgehead atoms. The van der Waals surface area contributed by atoms with E-state index in [1.54, 1.807) is 6.92 Å². The van der Waals surface area contributed by atoms with Crippen LogP contribution in [0.15, 0.2) is 0 Å². The molecule has 0 heterocycles. The maximum Gasteiger partial charge on any atom is 0.348 e. The molecular weight excluding hydrogens is 256 g/mol. The molecule has 5 N–H and O–H groups in total. The van der Waals surface area contributed by atoms with Crippen LogP contribution in [0.4, 0.5) is 0 Å². The molecular formula is C11H20N2O6. The van der Waals surface area contributed by atoms with Crippen LogP contribution in [0.5, 0.6) is 0 Å². The summed E-state index contributed by atoms with van der Waals surface area (Å²) in [5.41, 5.74) is 8.77. The molecule has 0 saturated carbocycles. The van der Waals surface area contributed by atoms with E-state index in [9.17, 15) is 19.5 Å². The number of carboxylic acids is 1. The molecule has 0 aromatic carbocycles. The topological polar surface area (TPSA) is 142 Å². The van der Waals surface area contributed by atoms with E-state index >= 15 is 0 Å². The smallest absolute Gasteiger partial charge is 0.348 e. The van der Waals surface area contributed by atoms with Gasteiger partial charge in [0.2, 0.25) is 5.60 Å². The molecule has 8 nitrogen and oxygen atoms in total. The molecule has 8 heteroatoms. The lowest BCUT2D eigenvalue weighted by atomic mass is 9.92. The zero-order chi connectivity index (χ0) is 15.1. The lowest BCUT2D eigenvalue weighted by molar-refractivity contribution is -0.180. The Morgan fingerprint density at radius 1 is 1.32 bits per heavy atom. The van der Waals surface area contributed by atoms with E-state index < -0.39 is 36.1 Å². The van der Waals surface area contributed by atoms with E-state index in [2.05, 4.69) is 4.74 Å². The Morgan fingerprint density at radius 3 is 2.26 bits per heavy atom. The molecule has 0 aliphatic rings. The highest BCUT2D eigenvalue weighted by atomic mass is 16.6. The quantitative estimate of drug-likeness (QED) is 0.479. The molecule has 0 aliphatic carbocycles. The van der Waals surface area contributed by atoms with Crippen LogP contribution in [-0.2, 0) is 23.9 Å². The minimum absolute atomic E-state index is 0.0405. The van der Waals surface area contributed by atoms with Crippen molar-refractivity contribution in [2.24, 2.45) is 11.5 Å². The fraction of sp³-hybridized carbons (Fsp3) is 0.727. The predicted octanol–water partition coefficient (Wildman–Crippen LogP) is -0.998. The number of carboxylic acid groups (broad SMARTS) is 1. The van der Waals surface area contributed by atoms with Crippen molar-refractivity contribution in [1.29, 1.82) is 0 Å². The van der Waals surface area contributed by atoms with Gasteiger partial charge in [0.25, 0.3) is 0 Å². The van der Waals surface area contributed by atoms with Gasteiger partial charge in [0.05, 0.1) is 13.2 Å². The van der Waals surface area contributed by atoms with Crippen molar-refractivity contribution >= 4 is 17.9 Å². The van der Waals surface area contributed by atoms with Gasteiger partial charge in [-0.05, 0) is 13.3 Å².